The number of aromatic nitrogens is 1. The van der Waals surface area contributed by atoms with Crippen molar-refractivity contribution in [2.24, 2.45) is 5.92 Å². The third-order valence-corrected chi connectivity index (χ3v) is 10.2. The predicted molar refractivity (Wildman–Crippen MR) is 153 cm³/mol. The molecule has 210 valence electrons. The Morgan fingerprint density at radius 3 is 2.58 bits per heavy atom. The summed E-state index contributed by atoms with van der Waals surface area (Å²) in [4.78, 5) is 47.0. The molecule has 40 heavy (non-hydrogen) atoms. The summed E-state index contributed by atoms with van der Waals surface area (Å²) in [5, 5.41) is 2.91. The van der Waals surface area contributed by atoms with Gasteiger partial charge in [0.25, 0.3) is 5.91 Å². The first-order valence-corrected chi connectivity index (χ1v) is 15.7. The van der Waals surface area contributed by atoms with E-state index in [2.05, 4.69) is 10.3 Å². The Labute approximate surface area is 238 Å². The number of hydrogen-bond acceptors (Lipinski definition) is 7. The van der Waals surface area contributed by atoms with Crippen LogP contribution in [-0.4, -0.2) is 71.4 Å². The zero-order valence-corrected chi connectivity index (χ0v) is 24.0. The topological polar surface area (TPSA) is 117 Å². The van der Waals surface area contributed by atoms with Gasteiger partial charge in [-0.05, 0) is 48.1 Å². The Hall–Kier alpha value is -3.41. The summed E-state index contributed by atoms with van der Waals surface area (Å²) in [7, 11) is -3.80. The summed E-state index contributed by atoms with van der Waals surface area (Å²) in [5.74, 6) is -1.16. The number of nitrogens with one attached hydrogen (secondary N) is 1. The minimum Gasteiger partial charge on any atom is -0.340 e. The van der Waals surface area contributed by atoms with Crippen LogP contribution in [0.15, 0.2) is 67.0 Å². The Morgan fingerprint density at radius 2 is 1.88 bits per heavy atom. The van der Waals surface area contributed by atoms with Crippen LogP contribution in [0.3, 0.4) is 0 Å². The molecule has 2 aliphatic heterocycles. The molecule has 9 nitrogen and oxygen atoms in total. The number of ketones is 1. The van der Waals surface area contributed by atoms with E-state index in [-0.39, 0.29) is 42.4 Å². The molecule has 2 aliphatic rings. The number of carbonyl (C=O) groups excluding carboxylic acids is 3. The molecule has 2 amide bonds. The van der Waals surface area contributed by atoms with E-state index >= 15 is 0 Å². The maximum absolute atomic E-state index is 13.8. The Balaban J connectivity index is 1.31. The lowest BCUT2D eigenvalue weighted by Gasteiger charge is -2.29. The largest absolute Gasteiger partial charge is 0.340 e. The van der Waals surface area contributed by atoms with Crippen LogP contribution in [0.1, 0.15) is 41.9 Å². The second-order valence-corrected chi connectivity index (χ2v) is 13.7. The van der Waals surface area contributed by atoms with Crippen molar-refractivity contribution < 1.29 is 22.8 Å². The molecular weight excluding hydrogens is 548 g/mol. The van der Waals surface area contributed by atoms with E-state index in [1.807, 2.05) is 50.2 Å². The third-order valence-electron chi connectivity index (χ3n) is 7.29. The molecule has 2 saturated heterocycles. The SMILES string of the molecule is CC(C)CC(NC(=O)c1ccc(-c2ccccc2)s1)C(=O)N1CCC2C1C(=O)CN2S(=O)(=O)Cc1cccnc1. The monoisotopic (exact) mass is 580 g/mol. The number of rotatable bonds is 9. The van der Waals surface area contributed by atoms with Crippen molar-refractivity contribution in [1.29, 1.82) is 0 Å². The zero-order chi connectivity index (χ0) is 28.4. The van der Waals surface area contributed by atoms with Gasteiger partial charge in [0, 0.05) is 23.8 Å². The molecule has 3 aromatic rings. The van der Waals surface area contributed by atoms with E-state index in [1.165, 1.54) is 26.7 Å². The van der Waals surface area contributed by atoms with Crippen molar-refractivity contribution in [1.82, 2.24) is 19.5 Å². The summed E-state index contributed by atoms with van der Waals surface area (Å²) < 4.78 is 27.7. The summed E-state index contributed by atoms with van der Waals surface area (Å²) in [6, 6.07) is 14.4. The molecule has 4 heterocycles. The summed E-state index contributed by atoms with van der Waals surface area (Å²) in [6.07, 6.45) is 3.82. The molecule has 0 saturated carbocycles. The van der Waals surface area contributed by atoms with Crippen molar-refractivity contribution in [2.75, 3.05) is 13.1 Å². The maximum Gasteiger partial charge on any atom is 0.262 e. The van der Waals surface area contributed by atoms with E-state index in [4.69, 9.17) is 0 Å². The minimum atomic E-state index is -3.80. The van der Waals surface area contributed by atoms with Crippen LogP contribution >= 0.6 is 11.3 Å². The molecule has 2 fully saturated rings. The number of sulfonamides is 1. The molecule has 0 radical (unpaired) electrons. The number of pyridine rings is 1. The van der Waals surface area contributed by atoms with Crippen LogP contribution in [0.25, 0.3) is 10.4 Å². The predicted octanol–water partition coefficient (Wildman–Crippen LogP) is 3.34. The van der Waals surface area contributed by atoms with Gasteiger partial charge in [-0.15, -0.1) is 11.3 Å². The van der Waals surface area contributed by atoms with Crippen molar-refractivity contribution in [2.45, 2.75) is 50.6 Å². The fourth-order valence-corrected chi connectivity index (χ4v) is 8.13. The molecular formula is C29H32N4O5S2. The van der Waals surface area contributed by atoms with E-state index in [9.17, 15) is 22.8 Å². The smallest absolute Gasteiger partial charge is 0.262 e. The molecule has 3 unspecified atom stereocenters. The summed E-state index contributed by atoms with van der Waals surface area (Å²) in [6.45, 7) is 3.91. The van der Waals surface area contributed by atoms with Crippen molar-refractivity contribution in [3.8, 4) is 10.4 Å². The minimum absolute atomic E-state index is 0.103. The Kier molecular flexibility index (Phi) is 8.16. The van der Waals surface area contributed by atoms with Crippen LogP contribution < -0.4 is 5.32 Å². The molecule has 0 bridgehead atoms. The van der Waals surface area contributed by atoms with Crippen LogP contribution in [0.2, 0.25) is 0 Å². The fraction of sp³-hybridized carbons (Fsp3) is 0.379. The second kappa shape index (κ2) is 11.6. The van der Waals surface area contributed by atoms with Gasteiger partial charge in [0.1, 0.15) is 12.1 Å². The van der Waals surface area contributed by atoms with Gasteiger partial charge in [-0.3, -0.25) is 19.4 Å². The van der Waals surface area contributed by atoms with Crippen LogP contribution in [-0.2, 0) is 25.4 Å². The van der Waals surface area contributed by atoms with Crippen LogP contribution in [0.5, 0.6) is 0 Å². The molecule has 1 aromatic carbocycles. The zero-order valence-electron chi connectivity index (χ0n) is 22.4. The standard InChI is InChI=1S/C29H32N4O5S2/c1-19(2)15-22(31-28(35)26-11-10-25(39-26)21-8-4-3-5-9-21)29(36)32-14-12-23-27(32)24(34)17-33(23)40(37,38)18-20-7-6-13-30-16-20/h3-11,13,16,19,22-23,27H,12,14-15,17-18H2,1-2H3,(H,31,35). The number of thiophene rings is 1. The molecule has 11 heteroatoms. The highest BCUT2D eigenvalue weighted by Gasteiger charge is 2.54. The maximum atomic E-state index is 13.8. The Bertz CT molecular complexity index is 1490. The lowest BCUT2D eigenvalue weighted by molar-refractivity contribution is -0.138. The van der Waals surface area contributed by atoms with Crippen molar-refractivity contribution >= 4 is 39.0 Å². The van der Waals surface area contributed by atoms with Crippen LogP contribution in [0.4, 0.5) is 0 Å². The normalized spacial score (nSPS) is 20.1. The number of Topliss-reactive ketones (excluding diaryl/α,β-unsaturated/α-hetero) is 1. The second-order valence-electron chi connectivity index (χ2n) is 10.6. The number of fused-ring (bicyclic) bond motifs is 1. The number of amides is 2. The lowest BCUT2D eigenvalue weighted by atomic mass is 10.0. The van der Waals surface area contributed by atoms with Gasteiger partial charge in [0.2, 0.25) is 15.9 Å². The van der Waals surface area contributed by atoms with Crippen molar-refractivity contribution in [3.63, 3.8) is 0 Å². The average molecular weight is 581 g/mol. The first-order chi connectivity index (χ1) is 19.1. The number of benzene rings is 1. The van der Waals surface area contributed by atoms with Gasteiger partial charge in [0.05, 0.1) is 23.2 Å². The van der Waals surface area contributed by atoms with Gasteiger partial charge in [-0.25, -0.2) is 8.42 Å². The average Bonchev–Trinajstić information content (AvgIpc) is 3.66. The van der Waals surface area contributed by atoms with Gasteiger partial charge in [-0.2, -0.15) is 4.31 Å². The third kappa shape index (κ3) is 5.86. The molecule has 0 spiro atoms. The highest BCUT2D eigenvalue weighted by Crippen LogP contribution is 2.34. The quantitative estimate of drug-likeness (QED) is 0.415. The summed E-state index contributed by atoms with van der Waals surface area (Å²) in [5.41, 5.74) is 1.54. The van der Waals surface area contributed by atoms with E-state index in [0.717, 1.165) is 10.4 Å². The fourth-order valence-electron chi connectivity index (χ4n) is 5.50. The first-order valence-electron chi connectivity index (χ1n) is 13.3. The number of hydrogen-bond donors (Lipinski definition) is 1. The molecule has 5 rings (SSSR count). The van der Waals surface area contributed by atoms with Gasteiger partial charge in [-0.1, -0.05) is 50.2 Å². The number of nitrogens with zero attached hydrogens (tertiary/aromatic N) is 3. The molecule has 3 atom stereocenters. The molecule has 0 aliphatic carbocycles. The summed E-state index contributed by atoms with van der Waals surface area (Å²) >= 11 is 1.35. The lowest BCUT2D eigenvalue weighted by Crippen LogP contribution is -2.52. The number of carbonyl (C=O) groups is 3. The van der Waals surface area contributed by atoms with Gasteiger partial charge >= 0.3 is 0 Å². The molecule has 2 aromatic heterocycles. The van der Waals surface area contributed by atoms with Gasteiger partial charge in [0.15, 0.2) is 5.78 Å². The van der Waals surface area contributed by atoms with E-state index < -0.39 is 28.1 Å². The van der Waals surface area contributed by atoms with Crippen LogP contribution in [0, 0.1) is 5.92 Å². The highest BCUT2D eigenvalue weighted by molar-refractivity contribution is 7.88. The van der Waals surface area contributed by atoms with E-state index in [1.54, 1.807) is 24.4 Å². The Morgan fingerprint density at radius 1 is 1.10 bits per heavy atom. The number of likely N-dealkylation sites (tertiary alicyclic amines) is 1. The first kappa shape index (κ1) is 28.1. The van der Waals surface area contributed by atoms with Crippen molar-refractivity contribution in [3.05, 3.63) is 77.4 Å². The van der Waals surface area contributed by atoms with Gasteiger partial charge < -0.3 is 10.2 Å². The highest BCUT2D eigenvalue weighted by atomic mass is 32.2. The van der Waals surface area contributed by atoms with E-state index in [0.29, 0.717) is 23.3 Å². The molecule has 1 N–H and O–H groups in total.